The third kappa shape index (κ3) is 5.95. The third-order valence-corrected chi connectivity index (χ3v) is 12.1. The summed E-state index contributed by atoms with van der Waals surface area (Å²) in [6.07, 6.45) is 0. The minimum absolute atomic E-state index is 0.645. The lowest BCUT2D eigenvalue weighted by atomic mass is 9.89. The number of hydrogen-bond acceptors (Lipinski definition) is 4. The molecule has 2 aromatic heterocycles. The molecule has 2 heterocycles. The monoisotopic (exact) mass is 743 g/mol. The molecule has 0 aliphatic carbocycles. The van der Waals surface area contributed by atoms with E-state index >= 15 is 0 Å². The molecule has 0 aliphatic heterocycles. The van der Waals surface area contributed by atoms with Gasteiger partial charge in [-0.3, -0.25) is 0 Å². The predicted octanol–water partition coefficient (Wildman–Crippen LogP) is 14.5. The molecule has 0 saturated carbocycles. The Morgan fingerprint density at radius 2 is 0.807 bits per heavy atom. The van der Waals surface area contributed by atoms with E-state index < -0.39 is 0 Å². The van der Waals surface area contributed by atoms with Crippen molar-refractivity contribution in [2.45, 2.75) is 0 Å². The van der Waals surface area contributed by atoms with Crippen LogP contribution < -0.4 is 0 Å². The largest absolute Gasteiger partial charge is 0.208 e. The van der Waals surface area contributed by atoms with Crippen LogP contribution in [0.4, 0.5) is 0 Å². The average Bonchev–Trinajstić information content (AvgIpc) is 3.68. The van der Waals surface area contributed by atoms with Crippen molar-refractivity contribution in [3.63, 3.8) is 0 Å². The normalized spacial score (nSPS) is 11.5. The molecule has 0 amide bonds. The minimum atomic E-state index is 0.645. The van der Waals surface area contributed by atoms with E-state index in [1.165, 1.54) is 69.5 Å². The van der Waals surface area contributed by atoms with Gasteiger partial charge in [0.1, 0.15) is 0 Å². The van der Waals surface area contributed by atoms with Crippen molar-refractivity contribution in [1.29, 1.82) is 0 Å². The Labute approximate surface area is 334 Å². The van der Waals surface area contributed by atoms with E-state index in [1.54, 1.807) is 0 Å². The van der Waals surface area contributed by atoms with Crippen LogP contribution in [-0.2, 0) is 0 Å². The summed E-state index contributed by atoms with van der Waals surface area (Å²) in [5.74, 6) is 1.95. The van der Waals surface area contributed by atoms with Gasteiger partial charge in [0.25, 0.3) is 0 Å². The number of aromatic nitrogens is 3. The molecule has 11 aromatic rings. The van der Waals surface area contributed by atoms with Gasteiger partial charge in [0.15, 0.2) is 17.5 Å². The fourth-order valence-electron chi connectivity index (χ4n) is 8.12. The van der Waals surface area contributed by atoms with Crippen LogP contribution in [0.3, 0.4) is 0 Å². The van der Waals surface area contributed by atoms with Gasteiger partial charge in [-0.2, -0.15) is 0 Å². The van der Waals surface area contributed by atoms with Gasteiger partial charge in [-0.05, 0) is 73.1 Å². The zero-order valence-corrected chi connectivity index (χ0v) is 31.6. The van der Waals surface area contributed by atoms with Crippen molar-refractivity contribution in [2.75, 3.05) is 0 Å². The average molecular weight is 744 g/mol. The zero-order chi connectivity index (χ0) is 37.7. The molecular formula is C53H33N3S. The summed E-state index contributed by atoms with van der Waals surface area (Å²) in [6.45, 7) is 0. The molecular weight excluding hydrogens is 711 g/mol. The molecule has 0 radical (unpaired) electrons. The number of benzene rings is 9. The second kappa shape index (κ2) is 13.8. The molecule has 9 aromatic carbocycles. The first-order valence-electron chi connectivity index (χ1n) is 19.2. The lowest BCUT2D eigenvalue weighted by Crippen LogP contribution is -2.00. The van der Waals surface area contributed by atoms with Crippen molar-refractivity contribution >= 4 is 53.1 Å². The summed E-state index contributed by atoms with van der Waals surface area (Å²) in [6, 6.07) is 71.3. The van der Waals surface area contributed by atoms with Crippen LogP contribution in [0.1, 0.15) is 0 Å². The van der Waals surface area contributed by atoms with Crippen LogP contribution in [0, 0.1) is 0 Å². The third-order valence-electron chi connectivity index (χ3n) is 10.9. The number of nitrogens with zero attached hydrogens (tertiary/aromatic N) is 3. The van der Waals surface area contributed by atoms with E-state index in [-0.39, 0.29) is 0 Å². The second-order valence-electron chi connectivity index (χ2n) is 14.4. The molecule has 0 aliphatic rings. The van der Waals surface area contributed by atoms with E-state index in [2.05, 4.69) is 140 Å². The van der Waals surface area contributed by atoms with E-state index in [0.717, 1.165) is 22.3 Å². The topological polar surface area (TPSA) is 38.7 Å². The van der Waals surface area contributed by atoms with Crippen molar-refractivity contribution in [3.8, 4) is 67.5 Å². The van der Waals surface area contributed by atoms with Gasteiger partial charge < -0.3 is 0 Å². The van der Waals surface area contributed by atoms with Crippen molar-refractivity contribution in [3.05, 3.63) is 200 Å². The molecule has 11 rings (SSSR count). The highest BCUT2D eigenvalue weighted by Crippen LogP contribution is 2.45. The summed E-state index contributed by atoms with van der Waals surface area (Å²) in [7, 11) is 0. The highest BCUT2D eigenvalue weighted by molar-refractivity contribution is 7.26. The van der Waals surface area contributed by atoms with Crippen LogP contribution >= 0.6 is 11.3 Å². The van der Waals surface area contributed by atoms with E-state index in [9.17, 15) is 0 Å². The highest BCUT2D eigenvalue weighted by atomic mass is 32.1. The summed E-state index contributed by atoms with van der Waals surface area (Å²) >= 11 is 1.85. The van der Waals surface area contributed by atoms with Crippen LogP contribution in [0.15, 0.2) is 200 Å². The fraction of sp³-hybridized carbons (Fsp3) is 0. The first-order chi connectivity index (χ1) is 28.2. The Morgan fingerprint density at radius 1 is 0.298 bits per heavy atom. The Balaban J connectivity index is 1.01. The molecule has 57 heavy (non-hydrogen) atoms. The van der Waals surface area contributed by atoms with Crippen LogP contribution in [0.2, 0.25) is 0 Å². The van der Waals surface area contributed by atoms with Crippen LogP contribution in [0.5, 0.6) is 0 Å². The SMILES string of the molecule is c1ccc(-c2nc(-c3ccccc3)nc(-c3ccc(-c4ccc5sc6ccccc6c5c4-c4ccc(-c5ccc6c(ccc7ccccc76)c5)cc4)cc3)n2)cc1. The fourth-order valence-corrected chi connectivity index (χ4v) is 9.23. The van der Waals surface area contributed by atoms with E-state index in [1.807, 2.05) is 72.0 Å². The summed E-state index contributed by atoms with van der Waals surface area (Å²) < 4.78 is 2.57. The maximum atomic E-state index is 4.98. The van der Waals surface area contributed by atoms with Gasteiger partial charge in [-0.1, -0.05) is 182 Å². The molecule has 0 atom stereocenters. The van der Waals surface area contributed by atoms with Crippen LogP contribution in [-0.4, -0.2) is 15.0 Å². The molecule has 4 heteroatoms. The molecule has 0 saturated heterocycles. The molecule has 0 spiro atoms. The Morgan fingerprint density at radius 3 is 1.51 bits per heavy atom. The highest BCUT2D eigenvalue weighted by Gasteiger charge is 2.18. The second-order valence-corrected chi connectivity index (χ2v) is 15.5. The molecule has 0 unspecified atom stereocenters. The van der Waals surface area contributed by atoms with Gasteiger partial charge in [0.2, 0.25) is 0 Å². The lowest BCUT2D eigenvalue weighted by Gasteiger charge is -2.15. The van der Waals surface area contributed by atoms with Gasteiger partial charge in [0, 0.05) is 36.9 Å². The van der Waals surface area contributed by atoms with Gasteiger partial charge >= 0.3 is 0 Å². The maximum Gasteiger partial charge on any atom is 0.164 e. The predicted molar refractivity (Wildman–Crippen MR) is 240 cm³/mol. The van der Waals surface area contributed by atoms with E-state index in [4.69, 9.17) is 15.0 Å². The summed E-state index contributed by atoms with van der Waals surface area (Å²) in [5.41, 5.74) is 10.0. The van der Waals surface area contributed by atoms with Gasteiger partial charge in [-0.25, -0.2) is 15.0 Å². The quantitative estimate of drug-likeness (QED) is 0.159. The number of fused-ring (bicyclic) bond motifs is 6. The van der Waals surface area contributed by atoms with E-state index in [0.29, 0.717) is 17.5 Å². The lowest BCUT2D eigenvalue weighted by molar-refractivity contribution is 1.07. The van der Waals surface area contributed by atoms with Crippen molar-refractivity contribution in [2.24, 2.45) is 0 Å². The Hall–Kier alpha value is -7.27. The molecule has 0 bridgehead atoms. The molecule has 0 N–H and O–H groups in total. The standard InChI is InChI=1S/C53H33N3S/c1-3-12-38(13-4-1)51-54-52(39-14-5-2-6-15-39)56-53(55-51)40-26-21-36(22-27-40)45-31-32-48-50(46-17-9-10-18-47(46)57-48)49(45)37-24-19-34(20-25-37)41-29-30-44-42(33-41)28-23-35-11-7-8-16-43(35)44/h1-33H. The first kappa shape index (κ1) is 33.1. The number of hydrogen-bond donors (Lipinski definition) is 0. The first-order valence-corrected chi connectivity index (χ1v) is 20.0. The number of thiophene rings is 1. The molecule has 0 fully saturated rings. The Bertz CT molecular complexity index is 3200. The summed E-state index contributed by atoms with van der Waals surface area (Å²) in [5, 5.41) is 7.66. The van der Waals surface area contributed by atoms with Crippen LogP contribution in [0.25, 0.3) is 109 Å². The summed E-state index contributed by atoms with van der Waals surface area (Å²) in [4.78, 5) is 14.8. The maximum absolute atomic E-state index is 4.98. The molecule has 3 nitrogen and oxygen atoms in total. The van der Waals surface area contributed by atoms with Crippen molar-refractivity contribution in [1.82, 2.24) is 15.0 Å². The smallest absolute Gasteiger partial charge is 0.164 e. The van der Waals surface area contributed by atoms with Crippen molar-refractivity contribution < 1.29 is 0 Å². The van der Waals surface area contributed by atoms with Gasteiger partial charge in [0.05, 0.1) is 0 Å². The zero-order valence-electron chi connectivity index (χ0n) is 30.8. The minimum Gasteiger partial charge on any atom is -0.208 e. The molecule has 266 valence electrons. The Kier molecular flexibility index (Phi) is 8.01. The van der Waals surface area contributed by atoms with Gasteiger partial charge in [-0.15, -0.1) is 11.3 Å². The number of rotatable bonds is 6.